The summed E-state index contributed by atoms with van der Waals surface area (Å²) in [7, 11) is 0. The average Bonchev–Trinajstić information content (AvgIpc) is 2.95. The van der Waals surface area contributed by atoms with Crippen molar-refractivity contribution in [2.45, 2.75) is 32.9 Å². The topological polar surface area (TPSA) is 42.7 Å². The molecule has 0 aliphatic carbocycles. The van der Waals surface area contributed by atoms with E-state index in [0.717, 1.165) is 25.2 Å². The van der Waals surface area contributed by atoms with Gasteiger partial charge in [-0.05, 0) is 32.9 Å². The number of nitrogens with one attached hydrogen (secondary N) is 1. The molecule has 4 nitrogen and oxygen atoms in total. The second-order valence-corrected chi connectivity index (χ2v) is 4.99. The summed E-state index contributed by atoms with van der Waals surface area (Å²) >= 11 is 1.72. The molecule has 0 aliphatic rings. The van der Waals surface area contributed by atoms with Crippen LogP contribution < -0.4 is 5.32 Å². The van der Waals surface area contributed by atoms with E-state index in [-0.39, 0.29) is 0 Å². The predicted octanol–water partition coefficient (Wildman–Crippen LogP) is 2.39. The summed E-state index contributed by atoms with van der Waals surface area (Å²) in [5.41, 5.74) is 3.05. The van der Waals surface area contributed by atoms with Crippen molar-refractivity contribution in [3.63, 3.8) is 0 Å². The lowest BCUT2D eigenvalue weighted by molar-refractivity contribution is 0.509. The number of nitrogens with zero attached hydrogens (tertiary/aromatic N) is 3. The first kappa shape index (κ1) is 12.3. The van der Waals surface area contributed by atoms with Crippen LogP contribution in [0.1, 0.15) is 30.0 Å². The minimum absolute atomic E-state index is 0.389. The summed E-state index contributed by atoms with van der Waals surface area (Å²) in [6, 6.07) is 2.34. The van der Waals surface area contributed by atoms with Crippen LogP contribution in [0.15, 0.2) is 24.0 Å². The first-order chi connectivity index (χ1) is 8.27. The van der Waals surface area contributed by atoms with Gasteiger partial charge in [0, 0.05) is 29.9 Å². The lowest BCUT2D eigenvalue weighted by Gasteiger charge is -2.12. The number of thiazole rings is 1. The number of hydrogen-bond acceptors (Lipinski definition) is 4. The van der Waals surface area contributed by atoms with Gasteiger partial charge < -0.3 is 5.32 Å². The van der Waals surface area contributed by atoms with Crippen LogP contribution in [0.3, 0.4) is 0 Å². The Hall–Kier alpha value is -1.20. The van der Waals surface area contributed by atoms with Crippen molar-refractivity contribution in [1.29, 1.82) is 0 Å². The van der Waals surface area contributed by atoms with Gasteiger partial charge in [0.25, 0.3) is 0 Å². The molecule has 17 heavy (non-hydrogen) atoms. The molecule has 0 fully saturated rings. The highest BCUT2D eigenvalue weighted by molar-refractivity contribution is 7.09. The third kappa shape index (κ3) is 3.38. The molecule has 2 heterocycles. The fraction of sp³-hybridized carbons (Fsp3) is 0.500. The van der Waals surface area contributed by atoms with Crippen molar-refractivity contribution in [1.82, 2.24) is 20.1 Å². The Morgan fingerprint density at radius 3 is 3.06 bits per heavy atom. The molecule has 92 valence electrons. The zero-order valence-electron chi connectivity index (χ0n) is 10.3. The molecule has 0 radical (unpaired) electrons. The Morgan fingerprint density at radius 2 is 2.41 bits per heavy atom. The van der Waals surface area contributed by atoms with Gasteiger partial charge >= 0.3 is 0 Å². The smallest absolute Gasteiger partial charge is 0.0798 e. The van der Waals surface area contributed by atoms with E-state index < -0.39 is 0 Å². The van der Waals surface area contributed by atoms with Gasteiger partial charge in [-0.3, -0.25) is 4.68 Å². The Bertz CT molecular complexity index is 435. The average molecular weight is 250 g/mol. The van der Waals surface area contributed by atoms with E-state index >= 15 is 0 Å². The molecular formula is C12H18N4S. The molecule has 5 heteroatoms. The van der Waals surface area contributed by atoms with Gasteiger partial charge in [0.05, 0.1) is 11.2 Å². The van der Waals surface area contributed by atoms with Gasteiger partial charge in [-0.2, -0.15) is 5.10 Å². The van der Waals surface area contributed by atoms with Crippen LogP contribution >= 0.6 is 11.3 Å². The maximum Gasteiger partial charge on any atom is 0.0798 e. The van der Waals surface area contributed by atoms with Crippen molar-refractivity contribution >= 4 is 11.3 Å². The fourth-order valence-electron chi connectivity index (χ4n) is 1.81. The number of rotatable bonds is 6. The largest absolute Gasteiger partial charge is 0.309 e. The number of aryl methyl sites for hydroxylation is 2. The minimum atomic E-state index is 0.389. The summed E-state index contributed by atoms with van der Waals surface area (Å²) in [6.45, 7) is 6.22. The molecule has 0 aliphatic heterocycles. The molecule has 0 amide bonds. The van der Waals surface area contributed by atoms with Gasteiger partial charge in [0.2, 0.25) is 0 Å². The molecular weight excluding hydrogens is 232 g/mol. The van der Waals surface area contributed by atoms with Crippen LogP contribution in [0, 0.1) is 6.92 Å². The molecule has 0 saturated heterocycles. The number of aromatic nitrogens is 3. The van der Waals surface area contributed by atoms with Gasteiger partial charge in [0.1, 0.15) is 0 Å². The van der Waals surface area contributed by atoms with Crippen LogP contribution in [-0.4, -0.2) is 21.3 Å². The van der Waals surface area contributed by atoms with E-state index in [1.54, 1.807) is 11.3 Å². The highest BCUT2D eigenvalue weighted by atomic mass is 32.1. The zero-order chi connectivity index (χ0) is 12.1. The maximum atomic E-state index is 4.27. The van der Waals surface area contributed by atoms with E-state index in [4.69, 9.17) is 0 Å². The quantitative estimate of drug-likeness (QED) is 0.800. The maximum absolute atomic E-state index is 4.27. The molecule has 0 aromatic carbocycles. The lowest BCUT2D eigenvalue weighted by atomic mass is 10.2. The van der Waals surface area contributed by atoms with Gasteiger partial charge in [-0.25, -0.2) is 4.98 Å². The summed E-state index contributed by atoms with van der Waals surface area (Å²) < 4.78 is 1.96. The van der Waals surface area contributed by atoms with Crippen molar-refractivity contribution in [3.05, 3.63) is 34.5 Å². The highest BCUT2D eigenvalue weighted by Gasteiger charge is 2.09. The SMILES string of the molecule is Cc1ncsc1C(C)NCCCn1cccn1. The Balaban J connectivity index is 1.70. The van der Waals surface area contributed by atoms with E-state index in [1.165, 1.54) is 4.88 Å². The summed E-state index contributed by atoms with van der Waals surface area (Å²) in [5.74, 6) is 0. The normalized spacial score (nSPS) is 12.8. The standard InChI is InChI=1S/C12H18N4S/c1-10(12-11(2)14-9-17-12)13-5-3-7-16-8-4-6-15-16/h4,6,8-10,13H,3,5,7H2,1-2H3. The molecule has 1 atom stereocenters. The molecule has 2 aromatic heterocycles. The molecule has 0 saturated carbocycles. The molecule has 0 spiro atoms. The Morgan fingerprint density at radius 1 is 1.53 bits per heavy atom. The van der Waals surface area contributed by atoms with E-state index in [2.05, 4.69) is 29.2 Å². The van der Waals surface area contributed by atoms with Crippen LogP contribution in [-0.2, 0) is 6.54 Å². The zero-order valence-corrected chi connectivity index (χ0v) is 11.1. The summed E-state index contributed by atoms with van der Waals surface area (Å²) in [4.78, 5) is 5.61. The molecule has 1 N–H and O–H groups in total. The molecule has 2 rings (SSSR count). The lowest BCUT2D eigenvalue weighted by Crippen LogP contribution is -2.21. The summed E-state index contributed by atoms with van der Waals surface area (Å²) in [6.07, 6.45) is 4.90. The van der Waals surface area contributed by atoms with Crippen molar-refractivity contribution in [3.8, 4) is 0 Å². The first-order valence-corrected chi connectivity index (χ1v) is 6.76. The Kier molecular flexibility index (Phi) is 4.28. The van der Waals surface area contributed by atoms with Crippen LogP contribution in [0.25, 0.3) is 0 Å². The minimum Gasteiger partial charge on any atom is -0.309 e. The van der Waals surface area contributed by atoms with Gasteiger partial charge in [0.15, 0.2) is 0 Å². The third-order valence-electron chi connectivity index (χ3n) is 2.75. The van der Waals surface area contributed by atoms with E-state index in [9.17, 15) is 0 Å². The van der Waals surface area contributed by atoms with Crippen molar-refractivity contribution < 1.29 is 0 Å². The molecule has 0 bridgehead atoms. The van der Waals surface area contributed by atoms with Gasteiger partial charge in [-0.15, -0.1) is 11.3 Å². The monoisotopic (exact) mass is 250 g/mol. The van der Waals surface area contributed by atoms with Crippen LogP contribution in [0.5, 0.6) is 0 Å². The Labute approximate surface area is 106 Å². The predicted molar refractivity (Wildman–Crippen MR) is 70.1 cm³/mol. The molecule has 2 aromatic rings. The fourth-order valence-corrected chi connectivity index (χ4v) is 2.65. The van der Waals surface area contributed by atoms with Crippen LogP contribution in [0.2, 0.25) is 0 Å². The van der Waals surface area contributed by atoms with Crippen molar-refractivity contribution in [2.75, 3.05) is 6.54 Å². The second kappa shape index (κ2) is 5.93. The summed E-state index contributed by atoms with van der Waals surface area (Å²) in [5, 5.41) is 7.70. The first-order valence-electron chi connectivity index (χ1n) is 5.88. The second-order valence-electron chi connectivity index (χ2n) is 4.10. The van der Waals surface area contributed by atoms with Gasteiger partial charge in [-0.1, -0.05) is 0 Å². The van der Waals surface area contributed by atoms with E-state index in [0.29, 0.717) is 6.04 Å². The third-order valence-corrected chi connectivity index (χ3v) is 3.86. The van der Waals surface area contributed by atoms with Crippen LogP contribution in [0.4, 0.5) is 0 Å². The molecule has 1 unspecified atom stereocenters. The number of hydrogen-bond donors (Lipinski definition) is 1. The van der Waals surface area contributed by atoms with Crippen molar-refractivity contribution in [2.24, 2.45) is 0 Å². The highest BCUT2D eigenvalue weighted by Crippen LogP contribution is 2.20. The van der Waals surface area contributed by atoms with E-state index in [1.807, 2.05) is 28.7 Å².